The molecule has 3 aromatic rings. The van der Waals surface area contributed by atoms with E-state index in [-0.39, 0.29) is 11.7 Å². The maximum atomic E-state index is 12.9. The first-order valence-corrected chi connectivity index (χ1v) is 11.9. The van der Waals surface area contributed by atoms with Gasteiger partial charge in [0.1, 0.15) is 5.75 Å². The highest BCUT2D eigenvalue weighted by Gasteiger charge is 2.22. The molecule has 0 amide bonds. The van der Waals surface area contributed by atoms with Gasteiger partial charge in [-0.2, -0.15) is 0 Å². The number of H-pyrrole nitrogens is 1. The van der Waals surface area contributed by atoms with Crippen LogP contribution >= 0.6 is 12.2 Å². The van der Waals surface area contributed by atoms with E-state index in [0.717, 1.165) is 52.9 Å². The third-order valence-electron chi connectivity index (χ3n) is 5.90. The van der Waals surface area contributed by atoms with Crippen molar-refractivity contribution in [1.82, 2.24) is 9.88 Å². The number of fused-ring (bicyclic) bond motifs is 1. The van der Waals surface area contributed by atoms with E-state index < -0.39 is 0 Å². The fraction of sp³-hybridized carbons (Fsp3) is 0.385. The quantitative estimate of drug-likeness (QED) is 0.483. The van der Waals surface area contributed by atoms with Crippen LogP contribution in [0.2, 0.25) is 0 Å². The number of aromatic amines is 1. The third-order valence-corrected chi connectivity index (χ3v) is 6.26. The van der Waals surface area contributed by atoms with Crippen LogP contribution in [0.3, 0.4) is 0 Å². The normalized spacial score (nSPS) is 15.5. The lowest BCUT2D eigenvalue weighted by Crippen LogP contribution is -2.40. The highest BCUT2D eigenvalue weighted by Crippen LogP contribution is 2.21. The first kappa shape index (κ1) is 23.3. The van der Waals surface area contributed by atoms with Gasteiger partial charge in [0.15, 0.2) is 5.11 Å². The summed E-state index contributed by atoms with van der Waals surface area (Å²) in [7, 11) is 0. The lowest BCUT2D eigenvalue weighted by atomic mass is 10.0. The van der Waals surface area contributed by atoms with Gasteiger partial charge in [-0.25, -0.2) is 0 Å². The molecule has 1 saturated heterocycles. The van der Waals surface area contributed by atoms with Crippen LogP contribution in [0.15, 0.2) is 47.3 Å². The van der Waals surface area contributed by atoms with Crippen LogP contribution in [-0.4, -0.2) is 40.9 Å². The van der Waals surface area contributed by atoms with Gasteiger partial charge in [0.25, 0.3) is 5.56 Å². The minimum absolute atomic E-state index is 0.0892. The number of nitrogens with one attached hydrogen (secondary N) is 2. The molecule has 1 aromatic heterocycles. The molecule has 2 heterocycles. The number of anilines is 1. The molecule has 0 bridgehead atoms. The van der Waals surface area contributed by atoms with E-state index in [1.165, 1.54) is 0 Å². The van der Waals surface area contributed by atoms with E-state index in [4.69, 9.17) is 21.7 Å². The Bertz CT molecular complexity index is 1180. The first-order chi connectivity index (χ1) is 15.9. The van der Waals surface area contributed by atoms with Crippen LogP contribution in [0, 0.1) is 13.8 Å². The maximum absolute atomic E-state index is 12.9. The molecule has 1 fully saturated rings. The Kier molecular flexibility index (Phi) is 7.30. The molecule has 33 heavy (non-hydrogen) atoms. The number of aromatic nitrogens is 1. The fourth-order valence-corrected chi connectivity index (χ4v) is 4.55. The minimum Gasteiger partial charge on any atom is -0.494 e. The van der Waals surface area contributed by atoms with Crippen LogP contribution in [-0.2, 0) is 11.3 Å². The molecule has 0 spiro atoms. The molecule has 2 aromatic carbocycles. The Morgan fingerprint density at radius 3 is 2.73 bits per heavy atom. The molecule has 0 unspecified atom stereocenters. The van der Waals surface area contributed by atoms with Crippen molar-refractivity contribution in [3.05, 3.63) is 69.5 Å². The van der Waals surface area contributed by atoms with Crippen molar-refractivity contribution >= 4 is 33.9 Å². The first-order valence-electron chi connectivity index (χ1n) is 11.5. The molecule has 1 aliphatic heterocycles. The van der Waals surface area contributed by atoms with Crippen LogP contribution in [0.1, 0.15) is 36.5 Å². The molecule has 2 N–H and O–H groups in total. The summed E-state index contributed by atoms with van der Waals surface area (Å²) < 4.78 is 11.4. The van der Waals surface area contributed by atoms with Crippen LogP contribution in [0.25, 0.3) is 10.9 Å². The van der Waals surface area contributed by atoms with Crippen molar-refractivity contribution in [2.24, 2.45) is 0 Å². The molecule has 1 aliphatic rings. The maximum Gasteiger partial charge on any atom is 0.253 e. The number of thiocarbonyl (C=S) groups is 1. The van der Waals surface area contributed by atoms with Crippen LogP contribution < -0.4 is 15.6 Å². The monoisotopic (exact) mass is 465 g/mol. The number of hydrogen-bond acceptors (Lipinski definition) is 4. The molecule has 6 nitrogen and oxygen atoms in total. The summed E-state index contributed by atoms with van der Waals surface area (Å²) in [6.07, 6.45) is 2.15. The second-order valence-corrected chi connectivity index (χ2v) is 8.96. The predicted molar refractivity (Wildman–Crippen MR) is 137 cm³/mol. The largest absolute Gasteiger partial charge is 0.494 e. The molecular weight excluding hydrogens is 434 g/mol. The Balaban J connectivity index is 1.58. The molecule has 1 atom stereocenters. The highest BCUT2D eigenvalue weighted by atomic mass is 32.1. The second kappa shape index (κ2) is 10.4. The van der Waals surface area contributed by atoms with Gasteiger partial charge >= 0.3 is 0 Å². The van der Waals surface area contributed by atoms with E-state index in [1.54, 1.807) is 0 Å². The lowest BCUT2D eigenvalue weighted by Gasteiger charge is -2.28. The topological polar surface area (TPSA) is 66.6 Å². The molecule has 7 heteroatoms. The standard InChI is InChI=1S/C26H31N3O3S/c1-4-31-21-9-7-20(8-10-21)27-26(33)29(16-22-6-5-11-32-22)15-19-14-23-18(3)12-17(2)13-24(23)28-25(19)30/h7-10,12-14,22H,4-6,11,15-16H2,1-3H3,(H,27,33)(H,28,30)/t22-/m1/s1. The van der Waals surface area contributed by atoms with Crippen molar-refractivity contribution in [2.75, 3.05) is 25.1 Å². The minimum atomic E-state index is -0.0892. The van der Waals surface area contributed by atoms with Gasteiger partial charge in [-0.05, 0) is 93.4 Å². The molecule has 174 valence electrons. The second-order valence-electron chi connectivity index (χ2n) is 8.57. The molecule has 0 saturated carbocycles. The smallest absolute Gasteiger partial charge is 0.253 e. The van der Waals surface area contributed by atoms with Crippen LogP contribution in [0.4, 0.5) is 5.69 Å². The number of ether oxygens (including phenoxy) is 2. The predicted octanol–water partition coefficient (Wildman–Crippen LogP) is 4.92. The van der Waals surface area contributed by atoms with E-state index in [2.05, 4.69) is 23.3 Å². The molecular formula is C26H31N3O3S. The summed E-state index contributed by atoms with van der Waals surface area (Å²) in [6, 6.07) is 13.8. The van der Waals surface area contributed by atoms with Crippen molar-refractivity contribution in [3.63, 3.8) is 0 Å². The summed E-state index contributed by atoms with van der Waals surface area (Å²) >= 11 is 5.77. The SMILES string of the molecule is CCOc1ccc(NC(=S)N(Cc2cc3c(C)cc(C)cc3[nH]c2=O)C[C@H]2CCCO2)cc1. The fourth-order valence-electron chi connectivity index (χ4n) is 4.30. The van der Waals surface area contributed by atoms with Gasteiger partial charge in [-0.3, -0.25) is 4.79 Å². The zero-order chi connectivity index (χ0) is 23.4. The molecule has 0 radical (unpaired) electrons. The van der Waals surface area contributed by atoms with E-state index >= 15 is 0 Å². The highest BCUT2D eigenvalue weighted by molar-refractivity contribution is 7.80. The third kappa shape index (κ3) is 5.72. The number of hydrogen-bond donors (Lipinski definition) is 2. The summed E-state index contributed by atoms with van der Waals surface area (Å²) in [5, 5.41) is 4.93. The van der Waals surface area contributed by atoms with Gasteiger partial charge < -0.3 is 24.7 Å². The van der Waals surface area contributed by atoms with Crippen LogP contribution in [0.5, 0.6) is 5.75 Å². The Morgan fingerprint density at radius 1 is 1.24 bits per heavy atom. The van der Waals surface area contributed by atoms with Gasteiger partial charge in [-0.1, -0.05) is 6.07 Å². The number of aryl methyl sites for hydroxylation is 2. The van der Waals surface area contributed by atoms with Gasteiger partial charge in [0.05, 0.1) is 19.3 Å². The zero-order valence-corrected chi connectivity index (χ0v) is 20.3. The van der Waals surface area contributed by atoms with Crippen molar-refractivity contribution in [2.45, 2.75) is 46.3 Å². The summed E-state index contributed by atoms with van der Waals surface area (Å²) in [5.41, 5.74) is 4.60. The van der Waals surface area contributed by atoms with Crippen molar-refractivity contribution in [3.8, 4) is 5.75 Å². The van der Waals surface area contributed by atoms with E-state index in [1.807, 2.05) is 55.1 Å². The molecule has 4 rings (SSSR count). The zero-order valence-electron chi connectivity index (χ0n) is 19.4. The van der Waals surface area contributed by atoms with Gasteiger partial charge in [0, 0.05) is 35.3 Å². The number of benzene rings is 2. The average Bonchev–Trinajstić information content (AvgIpc) is 3.29. The van der Waals surface area contributed by atoms with E-state index in [0.29, 0.717) is 30.4 Å². The Morgan fingerprint density at radius 2 is 2.03 bits per heavy atom. The number of nitrogens with zero attached hydrogens (tertiary/aromatic N) is 1. The summed E-state index contributed by atoms with van der Waals surface area (Å²) in [6.45, 7) is 8.50. The molecule has 0 aliphatic carbocycles. The summed E-state index contributed by atoms with van der Waals surface area (Å²) in [5.74, 6) is 0.818. The average molecular weight is 466 g/mol. The van der Waals surface area contributed by atoms with Crippen molar-refractivity contribution in [1.29, 1.82) is 0 Å². The number of pyridine rings is 1. The Labute approximate surface area is 199 Å². The number of rotatable bonds is 7. The van der Waals surface area contributed by atoms with Gasteiger partial charge in [0.2, 0.25) is 0 Å². The summed E-state index contributed by atoms with van der Waals surface area (Å²) in [4.78, 5) is 18.0. The Hall–Kier alpha value is -2.90. The van der Waals surface area contributed by atoms with E-state index in [9.17, 15) is 4.79 Å². The van der Waals surface area contributed by atoms with Crippen molar-refractivity contribution < 1.29 is 9.47 Å². The lowest BCUT2D eigenvalue weighted by molar-refractivity contribution is 0.0904. The van der Waals surface area contributed by atoms with Gasteiger partial charge in [-0.15, -0.1) is 0 Å².